The number of ether oxygens (including phenoxy) is 1. The van der Waals surface area contributed by atoms with E-state index in [0.717, 1.165) is 51.4 Å². The Morgan fingerprint density at radius 1 is 1.22 bits per heavy atom. The highest BCUT2D eigenvalue weighted by Crippen LogP contribution is 2.64. The minimum Gasteiger partial charge on any atom is -0.469 e. The van der Waals surface area contributed by atoms with Crippen molar-refractivity contribution in [2.45, 2.75) is 90.4 Å². The van der Waals surface area contributed by atoms with Crippen molar-refractivity contribution in [3.8, 4) is 0 Å². The molecule has 3 aliphatic rings. The number of hydrogen-bond acceptors (Lipinski definition) is 3. The molecular weight excluding hydrogens is 360 g/mol. The summed E-state index contributed by atoms with van der Waals surface area (Å²) in [6.45, 7) is 6.81. The van der Waals surface area contributed by atoms with Gasteiger partial charge in [-0.25, -0.2) is 0 Å². The van der Waals surface area contributed by atoms with Crippen LogP contribution in [0.1, 0.15) is 85.0 Å². The molecule has 0 heterocycles. The average Bonchev–Trinajstić information content (AvgIpc) is 2.95. The van der Waals surface area contributed by atoms with Gasteiger partial charge in [0.25, 0.3) is 0 Å². The highest BCUT2D eigenvalue weighted by molar-refractivity contribution is 6.20. The Bertz CT molecular complexity index is 576. The topological polar surface area (TPSA) is 43.4 Å². The van der Waals surface area contributed by atoms with Crippen LogP contribution in [0.3, 0.4) is 0 Å². The largest absolute Gasteiger partial charge is 0.469 e. The molecular formula is C23H37ClO3. The van der Waals surface area contributed by atoms with Crippen LogP contribution in [0.4, 0.5) is 0 Å². The molecule has 0 aromatic rings. The summed E-state index contributed by atoms with van der Waals surface area (Å²) in [5, 5.41) is 0.178. The zero-order chi connectivity index (χ0) is 19.8. The number of ketones is 1. The molecule has 0 aromatic carbocycles. The number of carbonyl (C=O) groups excluding carboxylic acids is 2. The summed E-state index contributed by atoms with van der Waals surface area (Å²) in [6, 6.07) is 0. The lowest BCUT2D eigenvalue weighted by Gasteiger charge is -2.59. The number of esters is 1. The lowest BCUT2D eigenvalue weighted by molar-refractivity contribution is -0.145. The Kier molecular flexibility index (Phi) is 6.30. The Balaban J connectivity index is 1.88. The zero-order valence-corrected chi connectivity index (χ0v) is 18.3. The van der Waals surface area contributed by atoms with E-state index in [-0.39, 0.29) is 22.2 Å². The van der Waals surface area contributed by atoms with E-state index in [0.29, 0.717) is 35.9 Å². The lowest BCUT2D eigenvalue weighted by atomic mass is 9.46. The highest BCUT2D eigenvalue weighted by Gasteiger charge is 2.60. The molecule has 0 amide bonds. The summed E-state index contributed by atoms with van der Waals surface area (Å²) >= 11 is 6.92. The van der Waals surface area contributed by atoms with Crippen molar-refractivity contribution in [1.82, 2.24) is 0 Å². The number of alkyl halides is 1. The van der Waals surface area contributed by atoms with Gasteiger partial charge < -0.3 is 4.74 Å². The molecule has 4 heteroatoms. The van der Waals surface area contributed by atoms with E-state index < -0.39 is 0 Å². The number of methoxy groups -OCH3 is 1. The molecule has 3 aliphatic carbocycles. The van der Waals surface area contributed by atoms with E-state index >= 15 is 0 Å². The van der Waals surface area contributed by atoms with Gasteiger partial charge in [0, 0.05) is 23.6 Å². The van der Waals surface area contributed by atoms with Gasteiger partial charge in [0.05, 0.1) is 7.11 Å². The van der Waals surface area contributed by atoms with Crippen molar-refractivity contribution < 1.29 is 14.3 Å². The molecule has 0 radical (unpaired) electrons. The van der Waals surface area contributed by atoms with E-state index in [1.807, 2.05) is 0 Å². The van der Waals surface area contributed by atoms with Crippen LogP contribution in [0.5, 0.6) is 0 Å². The van der Waals surface area contributed by atoms with Crippen LogP contribution in [0.15, 0.2) is 0 Å². The first-order valence-electron chi connectivity index (χ1n) is 11.0. The van der Waals surface area contributed by atoms with Crippen LogP contribution in [0.25, 0.3) is 0 Å². The second-order valence-electron chi connectivity index (χ2n) is 9.87. The van der Waals surface area contributed by atoms with Gasteiger partial charge in [0.2, 0.25) is 0 Å². The molecule has 3 fully saturated rings. The van der Waals surface area contributed by atoms with Gasteiger partial charge in [-0.3, -0.25) is 9.59 Å². The summed E-state index contributed by atoms with van der Waals surface area (Å²) in [5.41, 5.74) is -0.0350. The first-order chi connectivity index (χ1) is 12.8. The molecule has 0 bridgehead atoms. The molecule has 0 aromatic heterocycles. The third-order valence-electron chi connectivity index (χ3n) is 8.75. The molecule has 3 nitrogen and oxygen atoms in total. The van der Waals surface area contributed by atoms with Crippen LogP contribution in [-0.4, -0.2) is 24.2 Å². The summed E-state index contributed by atoms with van der Waals surface area (Å²) in [5.74, 6) is 2.54. The van der Waals surface area contributed by atoms with Crippen molar-refractivity contribution in [3.05, 3.63) is 0 Å². The molecule has 0 saturated heterocycles. The molecule has 27 heavy (non-hydrogen) atoms. The highest BCUT2D eigenvalue weighted by atomic mass is 35.5. The number of Topliss-reactive ketones (excluding diaryl/α,β-unsaturated/α-hetero) is 1. The van der Waals surface area contributed by atoms with E-state index in [9.17, 15) is 9.59 Å². The first kappa shape index (κ1) is 21.1. The summed E-state index contributed by atoms with van der Waals surface area (Å²) in [7, 11) is 1.48. The fourth-order valence-corrected chi connectivity index (χ4v) is 7.80. The van der Waals surface area contributed by atoms with Gasteiger partial charge in [-0.05, 0) is 74.0 Å². The summed E-state index contributed by atoms with van der Waals surface area (Å²) in [4.78, 5) is 24.5. The molecule has 3 rings (SSSR count). The van der Waals surface area contributed by atoms with Crippen molar-refractivity contribution in [2.24, 2.45) is 34.5 Å². The normalized spacial score (nSPS) is 42.3. The maximum Gasteiger partial charge on any atom is 0.305 e. The fraction of sp³-hybridized carbons (Fsp3) is 0.913. The Hall–Kier alpha value is -0.570. The van der Waals surface area contributed by atoms with Crippen LogP contribution < -0.4 is 0 Å². The predicted octanol–water partition coefficient (Wildman–Crippen LogP) is 5.78. The van der Waals surface area contributed by atoms with E-state index in [1.165, 1.54) is 13.5 Å². The first-order valence-corrected chi connectivity index (χ1v) is 11.5. The number of rotatable bonds is 6. The van der Waals surface area contributed by atoms with E-state index in [1.54, 1.807) is 0 Å². The van der Waals surface area contributed by atoms with Gasteiger partial charge in [-0.2, -0.15) is 0 Å². The van der Waals surface area contributed by atoms with Crippen molar-refractivity contribution in [3.63, 3.8) is 0 Å². The van der Waals surface area contributed by atoms with Crippen LogP contribution in [0.2, 0.25) is 0 Å². The van der Waals surface area contributed by atoms with Crippen molar-refractivity contribution in [2.75, 3.05) is 7.11 Å². The molecule has 3 saturated carbocycles. The number of hydrogen-bond donors (Lipinski definition) is 0. The standard InChI is InChI=1S/C23H37ClO3/c1-5-6-19(24)18-8-7-15-16-9-10-20(25)23(16,3)13-11-17(15)22(18,2)14-12-21(26)27-4/h15-19H,5-14H2,1-4H3/t15-,16-,17-,18-,19?,22+,23-/m0/s1. The van der Waals surface area contributed by atoms with Gasteiger partial charge in [0.15, 0.2) is 0 Å². The predicted molar refractivity (Wildman–Crippen MR) is 109 cm³/mol. The number of halogens is 1. The minimum atomic E-state index is -0.115. The smallest absolute Gasteiger partial charge is 0.305 e. The summed E-state index contributed by atoms with van der Waals surface area (Å²) < 4.78 is 4.95. The quantitative estimate of drug-likeness (QED) is 0.422. The second-order valence-corrected chi connectivity index (χ2v) is 10.4. The SMILES string of the molecule is CCCC(Cl)[C@@H]1CC[C@@H]2[C@H](CC[C@]3(C)C(=O)CC[C@@H]23)[C@@]1(C)CCC(=O)OC. The summed E-state index contributed by atoms with van der Waals surface area (Å²) in [6.07, 6.45) is 9.75. The van der Waals surface area contributed by atoms with Crippen LogP contribution >= 0.6 is 11.6 Å². The molecule has 0 spiro atoms. The Labute approximate surface area is 169 Å². The van der Waals surface area contributed by atoms with Crippen LogP contribution in [-0.2, 0) is 14.3 Å². The number of carbonyl (C=O) groups is 2. The number of fused-ring (bicyclic) bond motifs is 3. The van der Waals surface area contributed by atoms with Crippen LogP contribution in [0, 0.1) is 34.5 Å². The monoisotopic (exact) mass is 396 g/mol. The van der Waals surface area contributed by atoms with E-state index in [2.05, 4.69) is 20.8 Å². The Morgan fingerprint density at radius 3 is 2.63 bits per heavy atom. The van der Waals surface area contributed by atoms with Crippen molar-refractivity contribution in [1.29, 1.82) is 0 Å². The van der Waals surface area contributed by atoms with E-state index in [4.69, 9.17) is 16.3 Å². The van der Waals surface area contributed by atoms with Gasteiger partial charge in [-0.15, -0.1) is 11.6 Å². The molecule has 0 N–H and O–H groups in total. The molecule has 7 atom stereocenters. The second kappa shape index (κ2) is 8.05. The average molecular weight is 397 g/mol. The minimum absolute atomic E-state index is 0.0612. The Morgan fingerprint density at radius 2 is 1.96 bits per heavy atom. The molecule has 154 valence electrons. The van der Waals surface area contributed by atoms with Crippen molar-refractivity contribution >= 4 is 23.4 Å². The zero-order valence-electron chi connectivity index (χ0n) is 17.6. The maximum absolute atomic E-state index is 12.6. The van der Waals surface area contributed by atoms with Gasteiger partial charge in [-0.1, -0.05) is 27.2 Å². The maximum atomic E-state index is 12.6. The molecule has 1 unspecified atom stereocenters. The third-order valence-corrected chi connectivity index (χ3v) is 9.27. The van der Waals surface area contributed by atoms with Gasteiger partial charge >= 0.3 is 5.97 Å². The fourth-order valence-electron chi connectivity index (χ4n) is 7.17. The third kappa shape index (κ3) is 3.58. The lowest BCUT2D eigenvalue weighted by Crippen LogP contribution is -2.53. The molecule has 0 aliphatic heterocycles. The van der Waals surface area contributed by atoms with Gasteiger partial charge in [0.1, 0.15) is 5.78 Å².